The van der Waals surface area contributed by atoms with Crippen molar-refractivity contribution in [2.24, 2.45) is 0 Å². The van der Waals surface area contributed by atoms with E-state index in [1.165, 1.54) is 19.2 Å². The quantitative estimate of drug-likeness (QED) is 0.714. The van der Waals surface area contributed by atoms with E-state index in [-0.39, 0.29) is 0 Å². The Balaban J connectivity index is 1.84. The number of carbonyl (C=O) groups excluding carboxylic acids is 1. The average molecular weight is 333 g/mol. The minimum absolute atomic E-state index is 0.414. The Labute approximate surface area is 136 Å². The molecule has 0 saturated heterocycles. The van der Waals surface area contributed by atoms with Gasteiger partial charge in [-0.05, 0) is 42.0 Å². The molecular weight excluding hydrogens is 319 g/mol. The number of methoxy groups -OCH3 is 1. The molecule has 0 amide bonds. The third kappa shape index (κ3) is 3.27. The first-order valence-electron chi connectivity index (χ1n) is 7.23. The second kappa shape index (κ2) is 6.03. The first kappa shape index (κ1) is 16.1. The summed E-state index contributed by atoms with van der Waals surface area (Å²) in [7, 11) is 1.32. The molecule has 3 aromatic rings. The average Bonchev–Trinajstić information content (AvgIpc) is 2.95. The fourth-order valence-corrected chi connectivity index (χ4v) is 2.56. The number of rotatable bonds is 3. The molecule has 1 heterocycles. The molecule has 6 heteroatoms. The fraction of sp³-hybridized carbons (Fsp3) is 0.167. The van der Waals surface area contributed by atoms with E-state index < -0.39 is 17.7 Å². The van der Waals surface area contributed by atoms with Crippen molar-refractivity contribution in [3.63, 3.8) is 0 Å². The summed E-state index contributed by atoms with van der Waals surface area (Å²) in [6.45, 7) is 0. The number of halogens is 3. The zero-order valence-electron chi connectivity index (χ0n) is 12.8. The molecule has 3 rings (SSSR count). The van der Waals surface area contributed by atoms with Gasteiger partial charge in [-0.15, -0.1) is 0 Å². The van der Waals surface area contributed by atoms with Crippen molar-refractivity contribution >= 4 is 16.9 Å². The number of ether oxygens (including phenoxy) is 1. The van der Waals surface area contributed by atoms with Gasteiger partial charge in [-0.2, -0.15) is 13.2 Å². The summed E-state index contributed by atoms with van der Waals surface area (Å²) >= 11 is 0. The standard InChI is InChI=1S/C18H14F3NO2/c1-24-17(23)12-4-7-16-13(9-12)10-15(22-16)8-11-2-5-14(6-3-11)18(19,20)21/h2-7,9-10,22H,8H2,1H3. The van der Waals surface area contributed by atoms with E-state index >= 15 is 0 Å². The Morgan fingerprint density at radius 1 is 1.08 bits per heavy atom. The summed E-state index contributed by atoms with van der Waals surface area (Å²) < 4.78 is 42.4. The largest absolute Gasteiger partial charge is 0.465 e. The molecule has 0 atom stereocenters. The Morgan fingerprint density at radius 3 is 2.42 bits per heavy atom. The predicted molar refractivity (Wildman–Crippen MR) is 83.9 cm³/mol. The number of alkyl halides is 3. The Bertz CT molecular complexity index is 879. The lowest BCUT2D eigenvalue weighted by atomic mass is 10.1. The van der Waals surface area contributed by atoms with Gasteiger partial charge in [-0.1, -0.05) is 12.1 Å². The maximum absolute atomic E-state index is 12.6. The highest BCUT2D eigenvalue weighted by Gasteiger charge is 2.29. The first-order valence-corrected chi connectivity index (χ1v) is 7.23. The van der Waals surface area contributed by atoms with Gasteiger partial charge in [0.1, 0.15) is 0 Å². The number of H-pyrrole nitrogens is 1. The van der Waals surface area contributed by atoms with Crippen LogP contribution in [-0.2, 0) is 17.3 Å². The lowest BCUT2D eigenvalue weighted by molar-refractivity contribution is -0.137. The second-order valence-electron chi connectivity index (χ2n) is 5.46. The van der Waals surface area contributed by atoms with E-state index in [9.17, 15) is 18.0 Å². The molecule has 3 nitrogen and oxygen atoms in total. The monoisotopic (exact) mass is 333 g/mol. The van der Waals surface area contributed by atoms with Crippen molar-refractivity contribution in [3.05, 3.63) is 70.9 Å². The van der Waals surface area contributed by atoms with Crippen LogP contribution in [0.4, 0.5) is 13.2 Å². The highest BCUT2D eigenvalue weighted by atomic mass is 19.4. The van der Waals surface area contributed by atoms with E-state index in [1.807, 2.05) is 6.07 Å². The summed E-state index contributed by atoms with van der Waals surface area (Å²) in [6, 6.07) is 12.1. The molecule has 0 saturated carbocycles. The normalized spacial score (nSPS) is 11.7. The molecule has 0 aliphatic rings. The number of esters is 1. The zero-order valence-corrected chi connectivity index (χ0v) is 12.8. The van der Waals surface area contributed by atoms with Crippen LogP contribution >= 0.6 is 0 Å². The van der Waals surface area contributed by atoms with Crippen molar-refractivity contribution in [2.45, 2.75) is 12.6 Å². The van der Waals surface area contributed by atoms with Crippen molar-refractivity contribution in [1.29, 1.82) is 0 Å². The zero-order chi connectivity index (χ0) is 17.3. The number of nitrogens with one attached hydrogen (secondary N) is 1. The van der Waals surface area contributed by atoms with Gasteiger partial charge in [-0.25, -0.2) is 4.79 Å². The van der Waals surface area contributed by atoms with Crippen LogP contribution < -0.4 is 0 Å². The van der Waals surface area contributed by atoms with Crippen LogP contribution in [0.1, 0.15) is 27.2 Å². The highest BCUT2D eigenvalue weighted by Crippen LogP contribution is 2.29. The maximum Gasteiger partial charge on any atom is 0.416 e. The van der Waals surface area contributed by atoms with E-state index in [4.69, 9.17) is 0 Å². The van der Waals surface area contributed by atoms with Crippen molar-refractivity contribution < 1.29 is 22.7 Å². The second-order valence-corrected chi connectivity index (χ2v) is 5.46. The molecule has 0 unspecified atom stereocenters. The first-order chi connectivity index (χ1) is 11.4. The minimum Gasteiger partial charge on any atom is -0.465 e. The third-order valence-electron chi connectivity index (χ3n) is 3.77. The van der Waals surface area contributed by atoms with Crippen molar-refractivity contribution in [2.75, 3.05) is 7.11 Å². The molecule has 0 spiro atoms. The molecular formula is C18H14F3NO2. The minimum atomic E-state index is -4.33. The SMILES string of the molecule is COC(=O)c1ccc2[nH]c(Cc3ccc(C(F)(F)F)cc3)cc2c1. The molecule has 124 valence electrons. The van der Waals surface area contributed by atoms with E-state index in [0.29, 0.717) is 12.0 Å². The smallest absolute Gasteiger partial charge is 0.416 e. The Morgan fingerprint density at radius 2 is 1.79 bits per heavy atom. The van der Waals surface area contributed by atoms with Crippen LogP contribution in [0, 0.1) is 0 Å². The van der Waals surface area contributed by atoms with Crippen LogP contribution in [0.2, 0.25) is 0 Å². The fourth-order valence-electron chi connectivity index (χ4n) is 2.56. The van der Waals surface area contributed by atoms with Crippen LogP contribution in [0.15, 0.2) is 48.5 Å². The highest BCUT2D eigenvalue weighted by molar-refractivity contribution is 5.94. The van der Waals surface area contributed by atoms with Gasteiger partial charge in [0.05, 0.1) is 18.2 Å². The molecule has 0 aliphatic carbocycles. The molecule has 1 aromatic heterocycles. The van der Waals surface area contributed by atoms with Crippen LogP contribution in [-0.4, -0.2) is 18.1 Å². The number of aromatic nitrogens is 1. The van der Waals surface area contributed by atoms with Gasteiger partial charge in [0.25, 0.3) is 0 Å². The predicted octanol–water partition coefficient (Wildman–Crippen LogP) is 4.56. The maximum atomic E-state index is 12.6. The van der Waals surface area contributed by atoms with Gasteiger partial charge >= 0.3 is 12.1 Å². The lowest BCUT2D eigenvalue weighted by Gasteiger charge is -2.07. The molecule has 0 radical (unpaired) electrons. The van der Waals surface area contributed by atoms with Gasteiger partial charge < -0.3 is 9.72 Å². The Hall–Kier alpha value is -2.76. The van der Waals surface area contributed by atoms with E-state index in [1.54, 1.807) is 18.2 Å². The number of aromatic amines is 1. The van der Waals surface area contributed by atoms with Gasteiger partial charge in [0.15, 0.2) is 0 Å². The van der Waals surface area contributed by atoms with Crippen LogP contribution in [0.5, 0.6) is 0 Å². The topological polar surface area (TPSA) is 42.1 Å². The lowest BCUT2D eigenvalue weighted by Crippen LogP contribution is -2.04. The molecule has 0 aliphatic heterocycles. The molecule has 24 heavy (non-hydrogen) atoms. The van der Waals surface area contributed by atoms with Crippen molar-refractivity contribution in [3.8, 4) is 0 Å². The number of fused-ring (bicyclic) bond motifs is 1. The summed E-state index contributed by atoms with van der Waals surface area (Å²) in [5.41, 5.74) is 2.26. The summed E-state index contributed by atoms with van der Waals surface area (Å²) in [6.07, 6.45) is -3.86. The van der Waals surface area contributed by atoms with Crippen LogP contribution in [0.3, 0.4) is 0 Å². The van der Waals surface area contributed by atoms with Gasteiger partial charge in [0, 0.05) is 23.0 Å². The molecule has 0 fully saturated rings. The van der Waals surface area contributed by atoms with Gasteiger partial charge in [-0.3, -0.25) is 0 Å². The molecule has 0 bridgehead atoms. The molecule has 2 aromatic carbocycles. The summed E-state index contributed by atoms with van der Waals surface area (Å²) in [5, 5.41) is 0.847. The number of hydrogen-bond acceptors (Lipinski definition) is 2. The van der Waals surface area contributed by atoms with E-state index in [2.05, 4.69) is 9.72 Å². The Kier molecular flexibility index (Phi) is 4.05. The summed E-state index contributed by atoms with van der Waals surface area (Å²) in [4.78, 5) is 14.7. The molecule has 1 N–H and O–H groups in total. The summed E-state index contributed by atoms with van der Waals surface area (Å²) in [5.74, 6) is -0.414. The number of carbonyl (C=O) groups is 1. The van der Waals surface area contributed by atoms with Crippen molar-refractivity contribution in [1.82, 2.24) is 4.98 Å². The third-order valence-corrected chi connectivity index (χ3v) is 3.77. The number of hydrogen-bond donors (Lipinski definition) is 1. The van der Waals surface area contributed by atoms with Gasteiger partial charge in [0.2, 0.25) is 0 Å². The number of benzene rings is 2. The van der Waals surface area contributed by atoms with Crippen LogP contribution in [0.25, 0.3) is 10.9 Å². The van der Waals surface area contributed by atoms with E-state index in [0.717, 1.165) is 34.3 Å².